The molecule has 0 aliphatic carbocycles. The molecule has 0 radical (unpaired) electrons. The van der Waals surface area contributed by atoms with Gasteiger partial charge in [0.05, 0.1) is 22.9 Å². The largest absolute Gasteiger partial charge is 0.467 e. The fraction of sp³-hybridized carbons (Fsp3) is 0.190. The molecule has 0 bridgehead atoms. The topological polar surface area (TPSA) is 79.6 Å². The van der Waals surface area contributed by atoms with Crippen molar-refractivity contribution in [3.63, 3.8) is 0 Å². The number of nitrogens with one attached hydrogen (secondary N) is 1. The molecular weight excluding hydrogens is 376 g/mol. The number of sulfonamides is 1. The van der Waals surface area contributed by atoms with Crippen LogP contribution in [0.3, 0.4) is 0 Å². The van der Waals surface area contributed by atoms with Crippen molar-refractivity contribution >= 4 is 21.6 Å². The van der Waals surface area contributed by atoms with E-state index in [4.69, 9.17) is 4.42 Å². The van der Waals surface area contributed by atoms with Gasteiger partial charge in [-0.3, -0.25) is 9.10 Å². The fourth-order valence-electron chi connectivity index (χ4n) is 2.72. The number of anilines is 1. The molecule has 146 valence electrons. The molecule has 6 nitrogen and oxygen atoms in total. The Hall–Kier alpha value is -3.06. The molecule has 1 atom stereocenters. The molecule has 0 aliphatic heterocycles. The van der Waals surface area contributed by atoms with Crippen LogP contribution < -0.4 is 9.62 Å². The number of carbonyl (C=O) groups is 1. The Morgan fingerprint density at radius 1 is 1.04 bits per heavy atom. The van der Waals surface area contributed by atoms with Gasteiger partial charge >= 0.3 is 0 Å². The van der Waals surface area contributed by atoms with Crippen LogP contribution >= 0.6 is 0 Å². The van der Waals surface area contributed by atoms with Crippen LogP contribution in [-0.2, 0) is 10.0 Å². The Morgan fingerprint density at radius 3 is 2.25 bits per heavy atom. The van der Waals surface area contributed by atoms with Crippen molar-refractivity contribution in [3.05, 3.63) is 83.8 Å². The van der Waals surface area contributed by atoms with Crippen molar-refractivity contribution in [1.82, 2.24) is 5.32 Å². The lowest BCUT2D eigenvalue weighted by molar-refractivity contribution is 0.0935. The van der Waals surface area contributed by atoms with Crippen LogP contribution in [-0.4, -0.2) is 21.4 Å². The van der Waals surface area contributed by atoms with Gasteiger partial charge in [-0.15, -0.1) is 0 Å². The second-order valence-corrected chi connectivity index (χ2v) is 8.51. The molecule has 1 aromatic heterocycles. The summed E-state index contributed by atoms with van der Waals surface area (Å²) in [5.41, 5.74) is 1.89. The lowest BCUT2D eigenvalue weighted by Gasteiger charge is -2.20. The van der Waals surface area contributed by atoms with E-state index in [-0.39, 0.29) is 16.8 Å². The lowest BCUT2D eigenvalue weighted by Crippen LogP contribution is -2.27. The molecule has 0 saturated carbocycles. The second-order valence-electron chi connectivity index (χ2n) is 6.54. The summed E-state index contributed by atoms with van der Waals surface area (Å²) in [6, 6.07) is 16.4. The number of hydrogen-bond donors (Lipinski definition) is 1. The molecule has 0 aliphatic rings. The number of benzene rings is 2. The number of rotatable bonds is 6. The zero-order valence-electron chi connectivity index (χ0n) is 15.9. The van der Waals surface area contributed by atoms with E-state index < -0.39 is 10.0 Å². The maximum atomic E-state index is 12.8. The van der Waals surface area contributed by atoms with Crippen LogP contribution in [0.2, 0.25) is 0 Å². The van der Waals surface area contributed by atoms with Crippen molar-refractivity contribution in [2.45, 2.75) is 24.8 Å². The highest BCUT2D eigenvalue weighted by atomic mass is 32.2. The summed E-state index contributed by atoms with van der Waals surface area (Å²) >= 11 is 0. The Bertz CT molecular complexity index is 1040. The van der Waals surface area contributed by atoms with E-state index in [9.17, 15) is 13.2 Å². The van der Waals surface area contributed by atoms with Crippen LogP contribution in [0.4, 0.5) is 5.69 Å². The van der Waals surface area contributed by atoms with Crippen molar-refractivity contribution in [2.24, 2.45) is 0 Å². The van der Waals surface area contributed by atoms with E-state index in [2.05, 4.69) is 5.32 Å². The normalized spacial score (nSPS) is 12.4. The van der Waals surface area contributed by atoms with E-state index in [1.54, 1.807) is 66.9 Å². The Morgan fingerprint density at radius 2 is 1.68 bits per heavy atom. The monoisotopic (exact) mass is 398 g/mol. The molecule has 1 heterocycles. The molecule has 3 rings (SSSR count). The Balaban J connectivity index is 1.74. The smallest absolute Gasteiger partial charge is 0.264 e. The summed E-state index contributed by atoms with van der Waals surface area (Å²) in [6.07, 6.45) is 1.55. The van der Waals surface area contributed by atoms with Crippen LogP contribution in [0.25, 0.3) is 0 Å². The zero-order chi connectivity index (χ0) is 20.3. The first-order chi connectivity index (χ1) is 13.3. The van der Waals surface area contributed by atoms with Gasteiger partial charge in [-0.25, -0.2) is 8.42 Å². The molecule has 3 aromatic rings. The maximum Gasteiger partial charge on any atom is 0.264 e. The first kappa shape index (κ1) is 19.7. The zero-order valence-corrected chi connectivity index (χ0v) is 16.7. The number of hydrogen-bond acceptors (Lipinski definition) is 4. The van der Waals surface area contributed by atoms with Crippen molar-refractivity contribution in [1.29, 1.82) is 0 Å². The van der Waals surface area contributed by atoms with Crippen LogP contribution in [0, 0.1) is 6.92 Å². The highest BCUT2D eigenvalue weighted by Gasteiger charge is 2.21. The summed E-state index contributed by atoms with van der Waals surface area (Å²) in [6.45, 7) is 3.73. The Kier molecular flexibility index (Phi) is 5.56. The molecule has 7 heteroatoms. The quantitative estimate of drug-likeness (QED) is 0.683. The number of furan rings is 1. The van der Waals surface area contributed by atoms with E-state index in [1.165, 1.54) is 11.4 Å². The summed E-state index contributed by atoms with van der Waals surface area (Å²) in [7, 11) is -2.18. The predicted octanol–water partition coefficient (Wildman–Crippen LogP) is 3.90. The summed E-state index contributed by atoms with van der Waals surface area (Å²) in [5.74, 6) is 0.397. The second kappa shape index (κ2) is 7.90. The minimum Gasteiger partial charge on any atom is -0.467 e. The number of amides is 1. The minimum absolute atomic E-state index is 0.217. The first-order valence-corrected chi connectivity index (χ1v) is 10.2. The van der Waals surface area contributed by atoms with Gasteiger partial charge in [0, 0.05) is 12.6 Å². The molecule has 0 spiro atoms. The molecule has 1 N–H and O–H groups in total. The summed E-state index contributed by atoms with van der Waals surface area (Å²) < 4.78 is 32.0. The molecule has 0 unspecified atom stereocenters. The molecule has 28 heavy (non-hydrogen) atoms. The van der Waals surface area contributed by atoms with Crippen molar-refractivity contribution in [2.75, 3.05) is 11.4 Å². The third kappa shape index (κ3) is 4.09. The lowest BCUT2D eigenvalue weighted by atomic mass is 10.1. The van der Waals surface area contributed by atoms with Gasteiger partial charge in [-0.2, -0.15) is 0 Å². The van der Waals surface area contributed by atoms with E-state index in [1.807, 2.05) is 13.8 Å². The van der Waals surface area contributed by atoms with Gasteiger partial charge < -0.3 is 9.73 Å². The van der Waals surface area contributed by atoms with Gasteiger partial charge in [-0.1, -0.05) is 17.7 Å². The van der Waals surface area contributed by atoms with Crippen molar-refractivity contribution in [3.8, 4) is 0 Å². The van der Waals surface area contributed by atoms with Gasteiger partial charge in [0.1, 0.15) is 5.76 Å². The van der Waals surface area contributed by atoms with E-state index in [0.717, 1.165) is 5.56 Å². The van der Waals surface area contributed by atoms with E-state index >= 15 is 0 Å². The molecule has 0 fully saturated rings. The standard InChI is InChI=1S/C21H22N2O4S/c1-15-6-12-19(13-7-15)28(25,26)23(3)18-10-8-17(9-11-18)21(24)22-16(2)20-5-4-14-27-20/h4-14,16H,1-3H3,(H,22,24)/t16-/m0/s1. The average Bonchev–Trinajstić information content (AvgIpc) is 3.23. The first-order valence-electron chi connectivity index (χ1n) is 8.79. The molecular formula is C21H22N2O4S. The number of aryl methyl sites for hydroxylation is 1. The fourth-order valence-corrected chi connectivity index (χ4v) is 3.91. The number of carbonyl (C=O) groups excluding carboxylic acids is 1. The summed E-state index contributed by atoms with van der Waals surface area (Å²) in [5, 5.41) is 2.84. The molecule has 0 saturated heterocycles. The highest BCUT2D eigenvalue weighted by molar-refractivity contribution is 7.92. The van der Waals surface area contributed by atoms with Gasteiger partial charge in [0.2, 0.25) is 0 Å². The van der Waals surface area contributed by atoms with Crippen LogP contribution in [0.15, 0.2) is 76.2 Å². The van der Waals surface area contributed by atoms with Gasteiger partial charge in [-0.05, 0) is 62.4 Å². The summed E-state index contributed by atoms with van der Waals surface area (Å²) in [4.78, 5) is 12.6. The average molecular weight is 398 g/mol. The minimum atomic E-state index is -3.67. The third-order valence-corrected chi connectivity index (χ3v) is 6.29. The van der Waals surface area contributed by atoms with Crippen molar-refractivity contribution < 1.29 is 17.6 Å². The molecule has 2 aromatic carbocycles. The van der Waals surface area contributed by atoms with Crippen LogP contribution in [0.1, 0.15) is 34.6 Å². The number of nitrogens with zero attached hydrogens (tertiary/aromatic N) is 1. The Labute approximate surface area is 164 Å². The third-order valence-electron chi connectivity index (χ3n) is 4.49. The van der Waals surface area contributed by atoms with Crippen LogP contribution in [0.5, 0.6) is 0 Å². The SMILES string of the molecule is Cc1ccc(S(=O)(=O)N(C)c2ccc(C(=O)N[C@@H](C)c3ccco3)cc2)cc1. The van der Waals surface area contributed by atoms with Gasteiger partial charge in [0.15, 0.2) is 0 Å². The predicted molar refractivity (Wildman–Crippen MR) is 108 cm³/mol. The maximum absolute atomic E-state index is 12.8. The van der Waals surface area contributed by atoms with E-state index in [0.29, 0.717) is 17.0 Å². The highest BCUT2D eigenvalue weighted by Crippen LogP contribution is 2.23. The molecule has 1 amide bonds. The van der Waals surface area contributed by atoms with Gasteiger partial charge in [0.25, 0.3) is 15.9 Å².